The van der Waals surface area contributed by atoms with Crippen molar-refractivity contribution < 1.29 is 9.64 Å². The number of hydrogen-bond donors (Lipinski definition) is 1. The van der Waals surface area contributed by atoms with E-state index < -0.39 is 0 Å². The predicted octanol–water partition coefficient (Wildman–Crippen LogP) is 2.61. The summed E-state index contributed by atoms with van der Waals surface area (Å²) in [4.78, 5) is 1.52. The van der Waals surface area contributed by atoms with Gasteiger partial charge in [0.1, 0.15) is 18.9 Å². The molecule has 0 fully saturated rings. The first-order chi connectivity index (χ1) is 8.08. The number of likely N-dealkylation sites (N-methyl/N-ethyl adjacent to an activating group) is 1. The van der Waals surface area contributed by atoms with E-state index in [-0.39, 0.29) is 0 Å². The largest absolute Gasteiger partial charge is 0.486 e. The van der Waals surface area contributed by atoms with Crippen LogP contribution in [0.25, 0.3) is 0 Å². The molecule has 0 aliphatic rings. The number of benzene rings is 1. The predicted molar refractivity (Wildman–Crippen MR) is 73.6 cm³/mol. The van der Waals surface area contributed by atoms with Crippen molar-refractivity contribution in [3.63, 3.8) is 0 Å². The molecule has 0 bridgehead atoms. The second-order valence-corrected chi connectivity index (χ2v) is 4.93. The summed E-state index contributed by atoms with van der Waals surface area (Å²) in [7, 11) is 0. The molecule has 0 spiro atoms. The van der Waals surface area contributed by atoms with Crippen LogP contribution >= 0.6 is 23.2 Å². The van der Waals surface area contributed by atoms with Gasteiger partial charge in [0.2, 0.25) is 0 Å². The zero-order valence-corrected chi connectivity index (χ0v) is 12.2. The van der Waals surface area contributed by atoms with Crippen molar-refractivity contribution in [2.75, 3.05) is 26.2 Å². The van der Waals surface area contributed by atoms with Gasteiger partial charge < -0.3 is 9.64 Å². The Labute approximate surface area is 113 Å². The molecule has 0 aliphatic carbocycles. The number of hydrogen-bond acceptors (Lipinski definition) is 1. The Hall–Kier alpha value is -0.440. The van der Waals surface area contributed by atoms with Gasteiger partial charge >= 0.3 is 0 Å². The van der Waals surface area contributed by atoms with Gasteiger partial charge in [-0.2, -0.15) is 0 Å². The summed E-state index contributed by atoms with van der Waals surface area (Å²) >= 11 is 12.0. The number of aryl methyl sites for hydroxylation is 1. The summed E-state index contributed by atoms with van der Waals surface area (Å²) in [6.07, 6.45) is 0. The van der Waals surface area contributed by atoms with Gasteiger partial charge in [-0.3, -0.25) is 0 Å². The van der Waals surface area contributed by atoms with Gasteiger partial charge in [-0.15, -0.1) is 0 Å². The fourth-order valence-electron chi connectivity index (χ4n) is 1.77. The van der Waals surface area contributed by atoms with Crippen molar-refractivity contribution >= 4 is 23.2 Å². The van der Waals surface area contributed by atoms with E-state index in [0.717, 1.165) is 30.9 Å². The molecule has 0 aromatic heterocycles. The van der Waals surface area contributed by atoms with Crippen molar-refractivity contribution in [2.45, 2.75) is 20.8 Å². The summed E-state index contributed by atoms with van der Waals surface area (Å²) in [6.45, 7) is 10.2. The Morgan fingerprint density at radius 1 is 1.18 bits per heavy atom. The van der Waals surface area contributed by atoms with Crippen molar-refractivity contribution in [2.24, 2.45) is 0 Å². The van der Waals surface area contributed by atoms with E-state index in [4.69, 9.17) is 27.9 Å². The lowest BCUT2D eigenvalue weighted by molar-refractivity contribution is -0.896. The van der Waals surface area contributed by atoms with Gasteiger partial charge in [-0.05, 0) is 38.5 Å². The standard InChI is InChI=1S/C13H19Cl2NO/c1-4-16(5-2)6-7-17-13-10(3)8-11(14)9-12(13)15/h8-9H,4-7H2,1-3H3/p+1. The first kappa shape index (κ1) is 14.6. The fraction of sp³-hybridized carbons (Fsp3) is 0.538. The minimum atomic E-state index is 0.588. The molecule has 1 rings (SSSR count). The summed E-state index contributed by atoms with van der Waals surface area (Å²) in [5.74, 6) is 0.752. The second kappa shape index (κ2) is 7.10. The fourth-order valence-corrected chi connectivity index (χ4v) is 2.42. The van der Waals surface area contributed by atoms with Gasteiger partial charge in [-0.1, -0.05) is 23.2 Å². The summed E-state index contributed by atoms with van der Waals surface area (Å²) in [6, 6.07) is 3.59. The molecular formula is C13H20Cl2NO+. The topological polar surface area (TPSA) is 13.7 Å². The first-order valence-corrected chi connectivity index (χ1v) is 6.76. The Bertz CT molecular complexity index is 341. The summed E-state index contributed by atoms with van der Waals surface area (Å²) < 4.78 is 5.75. The minimum absolute atomic E-state index is 0.588. The third kappa shape index (κ3) is 4.38. The van der Waals surface area contributed by atoms with E-state index in [0.29, 0.717) is 16.7 Å². The molecule has 96 valence electrons. The lowest BCUT2D eigenvalue weighted by Gasteiger charge is -2.17. The highest BCUT2D eigenvalue weighted by Gasteiger charge is 2.09. The second-order valence-electron chi connectivity index (χ2n) is 4.09. The lowest BCUT2D eigenvalue weighted by Crippen LogP contribution is -3.12. The van der Waals surface area contributed by atoms with Crippen LogP contribution in [-0.2, 0) is 0 Å². The molecule has 4 heteroatoms. The maximum atomic E-state index is 6.10. The van der Waals surface area contributed by atoms with Crippen LogP contribution in [0.4, 0.5) is 0 Å². The van der Waals surface area contributed by atoms with Crippen LogP contribution in [0, 0.1) is 6.92 Å². The van der Waals surface area contributed by atoms with E-state index in [1.165, 1.54) is 4.90 Å². The highest BCUT2D eigenvalue weighted by Crippen LogP contribution is 2.31. The normalized spacial score (nSPS) is 10.9. The van der Waals surface area contributed by atoms with Gasteiger partial charge in [-0.25, -0.2) is 0 Å². The lowest BCUT2D eigenvalue weighted by atomic mass is 10.2. The van der Waals surface area contributed by atoms with Crippen LogP contribution in [0.15, 0.2) is 12.1 Å². The highest BCUT2D eigenvalue weighted by molar-refractivity contribution is 6.35. The van der Waals surface area contributed by atoms with E-state index in [1.807, 2.05) is 13.0 Å². The van der Waals surface area contributed by atoms with Crippen LogP contribution in [0.5, 0.6) is 5.75 Å². The van der Waals surface area contributed by atoms with Gasteiger partial charge in [0.05, 0.1) is 18.1 Å². The summed E-state index contributed by atoms with van der Waals surface area (Å²) in [5.41, 5.74) is 0.983. The molecule has 0 aliphatic heterocycles. The maximum Gasteiger partial charge on any atom is 0.141 e. The van der Waals surface area contributed by atoms with Gasteiger partial charge in [0.15, 0.2) is 0 Å². The molecule has 0 saturated heterocycles. The molecule has 0 saturated carbocycles. The smallest absolute Gasteiger partial charge is 0.141 e. The molecular weight excluding hydrogens is 257 g/mol. The number of ether oxygens (including phenoxy) is 1. The van der Waals surface area contributed by atoms with E-state index in [1.54, 1.807) is 6.07 Å². The third-order valence-corrected chi connectivity index (χ3v) is 3.40. The van der Waals surface area contributed by atoms with Crippen molar-refractivity contribution in [1.29, 1.82) is 0 Å². The van der Waals surface area contributed by atoms with E-state index in [9.17, 15) is 0 Å². The highest BCUT2D eigenvalue weighted by atomic mass is 35.5. The van der Waals surface area contributed by atoms with E-state index in [2.05, 4.69) is 13.8 Å². The third-order valence-electron chi connectivity index (χ3n) is 2.90. The Morgan fingerprint density at radius 2 is 1.82 bits per heavy atom. The zero-order chi connectivity index (χ0) is 12.8. The molecule has 0 atom stereocenters. The van der Waals surface area contributed by atoms with Crippen LogP contribution < -0.4 is 9.64 Å². The SMILES string of the molecule is CC[NH+](CC)CCOc1c(C)cc(Cl)cc1Cl. The van der Waals surface area contributed by atoms with Gasteiger partial charge in [0.25, 0.3) is 0 Å². The van der Waals surface area contributed by atoms with Crippen LogP contribution in [0.2, 0.25) is 10.0 Å². The molecule has 17 heavy (non-hydrogen) atoms. The van der Waals surface area contributed by atoms with Crippen LogP contribution in [0.1, 0.15) is 19.4 Å². The number of rotatable bonds is 6. The molecule has 0 unspecified atom stereocenters. The molecule has 2 nitrogen and oxygen atoms in total. The molecule has 0 amide bonds. The molecule has 0 radical (unpaired) electrons. The maximum absolute atomic E-state index is 6.10. The molecule has 0 heterocycles. The van der Waals surface area contributed by atoms with Crippen molar-refractivity contribution in [1.82, 2.24) is 0 Å². The van der Waals surface area contributed by atoms with Crippen LogP contribution in [0.3, 0.4) is 0 Å². The molecule has 1 aromatic rings. The number of quaternary nitrogens is 1. The Balaban J connectivity index is 2.58. The van der Waals surface area contributed by atoms with Gasteiger partial charge in [0, 0.05) is 5.02 Å². The quantitative estimate of drug-likeness (QED) is 0.844. The number of halogens is 2. The van der Waals surface area contributed by atoms with Crippen molar-refractivity contribution in [3.05, 3.63) is 27.7 Å². The average Bonchev–Trinajstić information content (AvgIpc) is 2.27. The monoisotopic (exact) mass is 276 g/mol. The average molecular weight is 277 g/mol. The zero-order valence-electron chi connectivity index (χ0n) is 10.6. The Morgan fingerprint density at radius 3 is 2.35 bits per heavy atom. The number of nitrogens with one attached hydrogen (secondary N) is 1. The van der Waals surface area contributed by atoms with Crippen LogP contribution in [-0.4, -0.2) is 26.2 Å². The first-order valence-electron chi connectivity index (χ1n) is 6.00. The van der Waals surface area contributed by atoms with Crippen molar-refractivity contribution in [3.8, 4) is 5.75 Å². The molecule has 1 aromatic carbocycles. The van der Waals surface area contributed by atoms with E-state index >= 15 is 0 Å². The Kier molecular flexibility index (Phi) is 6.10. The summed E-state index contributed by atoms with van der Waals surface area (Å²) in [5, 5.41) is 1.23. The molecule has 1 N–H and O–H groups in total. The minimum Gasteiger partial charge on any atom is -0.486 e.